The molecule has 0 unspecified atom stereocenters. The van der Waals surface area contributed by atoms with Crippen LogP contribution >= 0.6 is 22.6 Å². The Morgan fingerprint density at radius 3 is 2.50 bits per heavy atom. The van der Waals surface area contributed by atoms with E-state index in [0.29, 0.717) is 36.0 Å². The molecule has 2 N–H and O–H groups in total. The number of rotatable bonds is 10. The number of imide groups is 1. The van der Waals surface area contributed by atoms with Gasteiger partial charge in [0, 0.05) is 9.26 Å². The predicted octanol–water partition coefficient (Wildman–Crippen LogP) is 5.36. The molecular formula is C29H28IN3O5. The number of carbonyl (C=O) groups excluding carboxylic acids is 3. The van der Waals surface area contributed by atoms with Gasteiger partial charge in [0.2, 0.25) is 5.91 Å². The van der Waals surface area contributed by atoms with E-state index in [9.17, 15) is 14.4 Å². The minimum absolute atomic E-state index is 0.0757. The van der Waals surface area contributed by atoms with Crippen LogP contribution in [0.25, 0.3) is 6.08 Å². The molecule has 1 fully saturated rings. The monoisotopic (exact) mass is 625 g/mol. The van der Waals surface area contributed by atoms with Crippen molar-refractivity contribution in [2.24, 2.45) is 0 Å². The largest absolute Gasteiger partial charge is 0.490 e. The van der Waals surface area contributed by atoms with Gasteiger partial charge in [0.1, 0.15) is 18.8 Å². The second kappa shape index (κ2) is 12.6. The molecule has 3 aromatic rings. The van der Waals surface area contributed by atoms with Crippen LogP contribution in [-0.2, 0) is 22.6 Å². The summed E-state index contributed by atoms with van der Waals surface area (Å²) in [5.74, 6) is 0.0600. The van der Waals surface area contributed by atoms with Crippen LogP contribution in [0.3, 0.4) is 0 Å². The number of hydrogen-bond acceptors (Lipinski definition) is 5. The highest BCUT2D eigenvalue weighted by atomic mass is 127. The van der Waals surface area contributed by atoms with Crippen LogP contribution in [0.2, 0.25) is 0 Å². The van der Waals surface area contributed by atoms with Crippen molar-refractivity contribution in [3.05, 3.63) is 92.7 Å². The number of ether oxygens (including phenoxy) is 2. The first kappa shape index (κ1) is 27.2. The fourth-order valence-electron chi connectivity index (χ4n) is 3.91. The molecule has 9 heteroatoms. The molecule has 38 heavy (non-hydrogen) atoms. The first-order valence-electron chi connectivity index (χ1n) is 12.2. The van der Waals surface area contributed by atoms with Gasteiger partial charge in [-0.25, -0.2) is 9.69 Å². The standard InChI is InChI=1S/C29H28IN3O5/c1-3-21-7-5-6-8-23(21)31-27(34)17-33-28(35)24(32-29(33)36)15-20-11-14-25(26(16-20)37-4-2)38-18-19-9-12-22(30)13-10-19/h5-16H,3-4,17-18H2,1-2H3,(H,31,34)(H,32,36)/b24-15+. The van der Waals surface area contributed by atoms with Crippen LogP contribution in [0.5, 0.6) is 11.5 Å². The third-order valence-corrected chi connectivity index (χ3v) is 6.54. The molecule has 1 heterocycles. The molecule has 4 amide bonds. The summed E-state index contributed by atoms with van der Waals surface area (Å²) in [6.45, 7) is 4.27. The van der Waals surface area contributed by atoms with Crippen LogP contribution in [-0.4, -0.2) is 35.9 Å². The smallest absolute Gasteiger partial charge is 0.329 e. The molecule has 0 aromatic heterocycles. The quantitative estimate of drug-likeness (QED) is 0.180. The van der Waals surface area contributed by atoms with Crippen molar-refractivity contribution in [2.75, 3.05) is 18.5 Å². The number of carbonyl (C=O) groups is 3. The van der Waals surface area contributed by atoms with E-state index >= 15 is 0 Å². The maximum Gasteiger partial charge on any atom is 0.329 e. The van der Waals surface area contributed by atoms with Crippen molar-refractivity contribution in [3.8, 4) is 11.5 Å². The van der Waals surface area contributed by atoms with Crippen molar-refractivity contribution in [3.63, 3.8) is 0 Å². The van der Waals surface area contributed by atoms with Gasteiger partial charge in [-0.05, 0) is 89.0 Å². The fraction of sp³-hybridized carbons (Fsp3) is 0.207. The minimum Gasteiger partial charge on any atom is -0.490 e. The summed E-state index contributed by atoms with van der Waals surface area (Å²) in [5, 5.41) is 5.34. The Kier molecular flexibility index (Phi) is 9.01. The SMILES string of the molecule is CCOc1cc(/C=C2/NC(=O)N(CC(=O)Nc3ccccc3CC)C2=O)ccc1OCc1ccc(I)cc1. The lowest BCUT2D eigenvalue weighted by molar-refractivity contribution is -0.127. The summed E-state index contributed by atoms with van der Waals surface area (Å²) >= 11 is 2.25. The van der Waals surface area contributed by atoms with E-state index in [-0.39, 0.29) is 5.70 Å². The summed E-state index contributed by atoms with van der Waals surface area (Å²) in [6, 6.07) is 20.1. The fourth-order valence-corrected chi connectivity index (χ4v) is 4.27. The Labute approximate surface area is 235 Å². The van der Waals surface area contributed by atoms with Gasteiger partial charge >= 0.3 is 6.03 Å². The molecule has 0 bridgehead atoms. The van der Waals surface area contributed by atoms with E-state index in [4.69, 9.17) is 9.47 Å². The van der Waals surface area contributed by atoms with Crippen molar-refractivity contribution in [2.45, 2.75) is 26.9 Å². The van der Waals surface area contributed by atoms with E-state index in [0.717, 1.165) is 26.0 Å². The van der Waals surface area contributed by atoms with Crippen molar-refractivity contribution < 1.29 is 23.9 Å². The Hall–Kier alpha value is -3.86. The summed E-state index contributed by atoms with van der Waals surface area (Å²) < 4.78 is 12.9. The number of urea groups is 1. The van der Waals surface area contributed by atoms with Gasteiger partial charge in [-0.2, -0.15) is 0 Å². The third kappa shape index (κ3) is 6.71. The highest BCUT2D eigenvalue weighted by Crippen LogP contribution is 2.30. The molecule has 0 saturated carbocycles. The number of halogens is 1. The average molecular weight is 625 g/mol. The Morgan fingerprint density at radius 1 is 1.00 bits per heavy atom. The molecule has 8 nitrogen and oxygen atoms in total. The molecule has 1 aliphatic rings. The van der Waals surface area contributed by atoms with E-state index in [1.54, 1.807) is 30.3 Å². The van der Waals surface area contributed by atoms with Crippen LogP contribution in [0.15, 0.2) is 72.4 Å². The average Bonchev–Trinajstić information content (AvgIpc) is 3.16. The summed E-state index contributed by atoms with van der Waals surface area (Å²) in [5.41, 5.74) is 3.37. The number of aryl methyl sites for hydroxylation is 1. The second-order valence-corrected chi connectivity index (χ2v) is 9.74. The molecule has 0 spiro atoms. The van der Waals surface area contributed by atoms with E-state index in [2.05, 4.69) is 33.2 Å². The Morgan fingerprint density at radius 2 is 1.76 bits per heavy atom. The zero-order valence-corrected chi connectivity index (χ0v) is 23.3. The molecule has 4 rings (SSSR count). The lowest BCUT2D eigenvalue weighted by Crippen LogP contribution is -2.38. The van der Waals surface area contributed by atoms with Gasteiger partial charge in [-0.15, -0.1) is 0 Å². The van der Waals surface area contributed by atoms with Gasteiger partial charge in [-0.3, -0.25) is 9.59 Å². The molecule has 0 radical (unpaired) electrons. The Balaban J connectivity index is 1.44. The van der Waals surface area contributed by atoms with E-state index in [1.807, 2.05) is 56.3 Å². The van der Waals surface area contributed by atoms with Crippen molar-refractivity contribution in [1.82, 2.24) is 10.2 Å². The van der Waals surface area contributed by atoms with Crippen LogP contribution in [0.4, 0.5) is 10.5 Å². The molecule has 196 valence electrons. The lowest BCUT2D eigenvalue weighted by Gasteiger charge is -2.14. The van der Waals surface area contributed by atoms with E-state index < -0.39 is 24.4 Å². The number of nitrogens with zero attached hydrogens (tertiary/aromatic N) is 1. The maximum absolute atomic E-state index is 12.9. The molecule has 3 aromatic carbocycles. The van der Waals surface area contributed by atoms with Gasteiger partial charge in [0.25, 0.3) is 5.91 Å². The van der Waals surface area contributed by atoms with Crippen molar-refractivity contribution in [1.29, 1.82) is 0 Å². The van der Waals surface area contributed by atoms with Crippen LogP contribution in [0.1, 0.15) is 30.5 Å². The van der Waals surface area contributed by atoms with Gasteiger partial charge < -0.3 is 20.1 Å². The normalized spacial score (nSPS) is 14.0. The first-order chi connectivity index (χ1) is 18.4. The number of nitrogens with one attached hydrogen (secondary N) is 2. The molecular weight excluding hydrogens is 597 g/mol. The van der Waals surface area contributed by atoms with Crippen LogP contribution in [0, 0.1) is 3.57 Å². The molecule has 1 saturated heterocycles. The van der Waals surface area contributed by atoms with Crippen LogP contribution < -0.4 is 20.1 Å². The third-order valence-electron chi connectivity index (χ3n) is 5.82. The number of hydrogen-bond donors (Lipinski definition) is 2. The topological polar surface area (TPSA) is 97.0 Å². The molecule has 1 aliphatic heterocycles. The Bertz CT molecular complexity index is 1370. The second-order valence-electron chi connectivity index (χ2n) is 8.49. The van der Waals surface area contributed by atoms with Gasteiger partial charge in [0.15, 0.2) is 11.5 Å². The number of amides is 4. The minimum atomic E-state index is -0.650. The maximum atomic E-state index is 12.9. The highest BCUT2D eigenvalue weighted by molar-refractivity contribution is 14.1. The highest BCUT2D eigenvalue weighted by Gasteiger charge is 2.35. The van der Waals surface area contributed by atoms with Gasteiger partial charge in [-0.1, -0.05) is 43.3 Å². The first-order valence-corrected chi connectivity index (χ1v) is 13.3. The lowest BCUT2D eigenvalue weighted by atomic mass is 10.1. The van der Waals surface area contributed by atoms with Crippen molar-refractivity contribution >= 4 is 52.2 Å². The summed E-state index contributed by atoms with van der Waals surface area (Å²) in [6.07, 6.45) is 2.29. The number of anilines is 1. The summed E-state index contributed by atoms with van der Waals surface area (Å²) in [4.78, 5) is 38.9. The zero-order valence-electron chi connectivity index (χ0n) is 21.1. The summed E-state index contributed by atoms with van der Waals surface area (Å²) in [7, 11) is 0. The number of para-hydroxylation sites is 1. The predicted molar refractivity (Wildman–Crippen MR) is 154 cm³/mol. The van der Waals surface area contributed by atoms with Gasteiger partial charge in [0.05, 0.1) is 6.61 Å². The van der Waals surface area contributed by atoms with E-state index in [1.165, 1.54) is 0 Å². The molecule has 0 aliphatic carbocycles. The zero-order chi connectivity index (χ0) is 27.1. The molecule has 0 atom stereocenters. The number of benzene rings is 3.